The van der Waals surface area contributed by atoms with Crippen molar-refractivity contribution in [1.82, 2.24) is 20.2 Å². The van der Waals surface area contributed by atoms with Gasteiger partial charge < -0.3 is 15.2 Å². The number of aromatic nitrogens is 4. The van der Waals surface area contributed by atoms with Gasteiger partial charge in [0.1, 0.15) is 13.2 Å². The quantitative estimate of drug-likeness (QED) is 0.692. The second-order valence-corrected chi connectivity index (χ2v) is 4.42. The number of fused-ring (bicyclic) bond motifs is 2. The first kappa shape index (κ1) is 11.0. The third-order valence-corrected chi connectivity index (χ3v) is 3.14. The molecule has 3 heterocycles. The molecule has 7 nitrogen and oxygen atoms in total. The normalized spacial score (nSPS) is 13.6. The van der Waals surface area contributed by atoms with Gasteiger partial charge in [0, 0.05) is 5.56 Å². The zero-order valence-electron chi connectivity index (χ0n) is 10.5. The van der Waals surface area contributed by atoms with Crippen molar-refractivity contribution < 1.29 is 9.47 Å². The highest BCUT2D eigenvalue weighted by molar-refractivity contribution is 5.91. The van der Waals surface area contributed by atoms with Crippen molar-refractivity contribution in [3.63, 3.8) is 0 Å². The van der Waals surface area contributed by atoms with Crippen molar-refractivity contribution in [2.45, 2.75) is 0 Å². The molecule has 2 aromatic heterocycles. The lowest BCUT2D eigenvalue weighted by atomic mass is 10.1. The lowest BCUT2D eigenvalue weighted by molar-refractivity contribution is 0.171. The monoisotopic (exact) mass is 269 g/mol. The zero-order valence-corrected chi connectivity index (χ0v) is 10.5. The Bertz CT molecular complexity index is 799. The maximum absolute atomic E-state index is 5.73. The summed E-state index contributed by atoms with van der Waals surface area (Å²) in [7, 11) is 0. The van der Waals surface area contributed by atoms with E-state index < -0.39 is 0 Å². The number of rotatable bonds is 1. The fraction of sp³-hybridized carbons (Fsp3) is 0.154. The molecule has 20 heavy (non-hydrogen) atoms. The van der Waals surface area contributed by atoms with Crippen LogP contribution in [0, 0.1) is 0 Å². The summed E-state index contributed by atoms with van der Waals surface area (Å²) in [5, 5.41) is 7.59. The van der Waals surface area contributed by atoms with E-state index in [1.807, 2.05) is 18.2 Å². The van der Waals surface area contributed by atoms with Crippen molar-refractivity contribution in [3.8, 4) is 22.8 Å². The standard InChI is InChI=1S/C13H11N5O2/c14-13-16-11(8-6-15-18-12(8)17-13)7-1-2-9-10(5-7)20-4-3-19-9/h1-2,5-6H,3-4H2,(H3,14,15,16,17,18). The SMILES string of the molecule is Nc1nc(-c2ccc3c(c2)OCCO3)c2cn[nH]c2n1. The molecule has 1 aromatic carbocycles. The van der Waals surface area contributed by atoms with Crippen LogP contribution in [0.15, 0.2) is 24.4 Å². The van der Waals surface area contributed by atoms with E-state index in [4.69, 9.17) is 15.2 Å². The van der Waals surface area contributed by atoms with Gasteiger partial charge in [-0.3, -0.25) is 5.10 Å². The van der Waals surface area contributed by atoms with Crippen LogP contribution in [0.2, 0.25) is 0 Å². The smallest absolute Gasteiger partial charge is 0.222 e. The third kappa shape index (κ3) is 1.63. The average Bonchev–Trinajstić information content (AvgIpc) is 2.94. The summed E-state index contributed by atoms with van der Waals surface area (Å²) in [6.45, 7) is 1.11. The number of nitrogens with two attached hydrogens (primary N) is 1. The molecule has 0 amide bonds. The van der Waals surface area contributed by atoms with E-state index in [-0.39, 0.29) is 5.95 Å². The molecule has 3 N–H and O–H groups in total. The van der Waals surface area contributed by atoms with Gasteiger partial charge in [-0.05, 0) is 18.2 Å². The number of hydrogen-bond acceptors (Lipinski definition) is 6. The lowest BCUT2D eigenvalue weighted by Gasteiger charge is -2.18. The maximum Gasteiger partial charge on any atom is 0.222 e. The molecule has 0 unspecified atom stereocenters. The summed E-state index contributed by atoms with van der Waals surface area (Å²) >= 11 is 0. The molecule has 1 aliphatic heterocycles. The minimum Gasteiger partial charge on any atom is -0.486 e. The molecule has 0 aliphatic carbocycles. The van der Waals surface area contributed by atoms with Crippen molar-refractivity contribution in [1.29, 1.82) is 0 Å². The van der Waals surface area contributed by atoms with Gasteiger partial charge in [0.15, 0.2) is 17.1 Å². The molecule has 0 atom stereocenters. The van der Waals surface area contributed by atoms with Crippen LogP contribution in [0.3, 0.4) is 0 Å². The zero-order chi connectivity index (χ0) is 13.5. The van der Waals surface area contributed by atoms with E-state index >= 15 is 0 Å². The van der Waals surface area contributed by atoms with Gasteiger partial charge in [0.05, 0.1) is 17.3 Å². The second kappa shape index (κ2) is 4.09. The molecule has 3 aromatic rings. The lowest BCUT2D eigenvalue weighted by Crippen LogP contribution is -2.15. The Morgan fingerprint density at radius 1 is 1.10 bits per heavy atom. The van der Waals surface area contributed by atoms with Crippen molar-refractivity contribution >= 4 is 17.0 Å². The Morgan fingerprint density at radius 2 is 1.95 bits per heavy atom. The van der Waals surface area contributed by atoms with Crippen molar-refractivity contribution in [3.05, 3.63) is 24.4 Å². The fourth-order valence-corrected chi connectivity index (χ4v) is 2.26. The van der Waals surface area contributed by atoms with Gasteiger partial charge in [0.25, 0.3) is 0 Å². The summed E-state index contributed by atoms with van der Waals surface area (Å²) in [5.74, 6) is 1.65. The largest absolute Gasteiger partial charge is 0.486 e. The summed E-state index contributed by atoms with van der Waals surface area (Å²) in [6.07, 6.45) is 1.68. The van der Waals surface area contributed by atoms with Gasteiger partial charge in [-0.25, -0.2) is 4.98 Å². The Balaban J connectivity index is 1.92. The number of nitrogens with one attached hydrogen (secondary N) is 1. The Labute approximate surface area is 113 Å². The van der Waals surface area contributed by atoms with Crippen LogP contribution in [0.4, 0.5) is 5.95 Å². The Morgan fingerprint density at radius 3 is 2.85 bits per heavy atom. The molecular weight excluding hydrogens is 258 g/mol. The van der Waals surface area contributed by atoms with Gasteiger partial charge in [-0.15, -0.1) is 0 Å². The molecule has 100 valence electrons. The number of hydrogen-bond donors (Lipinski definition) is 2. The topological polar surface area (TPSA) is 98.9 Å². The molecule has 0 spiro atoms. The molecule has 4 rings (SSSR count). The predicted molar refractivity (Wildman–Crippen MR) is 72.5 cm³/mol. The second-order valence-electron chi connectivity index (χ2n) is 4.42. The average molecular weight is 269 g/mol. The van der Waals surface area contributed by atoms with E-state index in [1.54, 1.807) is 6.20 Å². The third-order valence-electron chi connectivity index (χ3n) is 3.14. The summed E-state index contributed by atoms with van der Waals surface area (Å²) in [4.78, 5) is 8.40. The fourth-order valence-electron chi connectivity index (χ4n) is 2.26. The predicted octanol–water partition coefficient (Wildman–Crippen LogP) is 1.37. The molecule has 0 saturated heterocycles. The van der Waals surface area contributed by atoms with Gasteiger partial charge >= 0.3 is 0 Å². The van der Waals surface area contributed by atoms with Crippen LogP contribution >= 0.6 is 0 Å². The van der Waals surface area contributed by atoms with Crippen molar-refractivity contribution in [2.75, 3.05) is 18.9 Å². The highest BCUT2D eigenvalue weighted by atomic mass is 16.6. The number of anilines is 1. The maximum atomic E-state index is 5.73. The molecule has 0 bridgehead atoms. The first-order valence-corrected chi connectivity index (χ1v) is 6.18. The first-order valence-electron chi connectivity index (χ1n) is 6.18. The van der Waals surface area contributed by atoms with Crippen LogP contribution < -0.4 is 15.2 Å². The van der Waals surface area contributed by atoms with Gasteiger partial charge in [0.2, 0.25) is 5.95 Å². The Hall–Kier alpha value is -2.83. The number of benzene rings is 1. The van der Waals surface area contributed by atoms with E-state index in [0.717, 1.165) is 22.4 Å². The molecule has 0 radical (unpaired) electrons. The van der Waals surface area contributed by atoms with Gasteiger partial charge in [-0.1, -0.05) is 0 Å². The molecule has 0 fully saturated rings. The van der Waals surface area contributed by atoms with E-state index in [1.165, 1.54) is 0 Å². The van der Waals surface area contributed by atoms with Crippen LogP contribution in [0.5, 0.6) is 11.5 Å². The number of nitrogens with zero attached hydrogens (tertiary/aromatic N) is 3. The highest BCUT2D eigenvalue weighted by Gasteiger charge is 2.15. The highest BCUT2D eigenvalue weighted by Crippen LogP contribution is 2.35. The summed E-state index contributed by atoms with van der Waals surface area (Å²) in [5.41, 5.74) is 7.95. The first-order chi connectivity index (χ1) is 9.81. The number of ether oxygens (including phenoxy) is 2. The molecule has 0 saturated carbocycles. The summed E-state index contributed by atoms with van der Waals surface area (Å²) < 4.78 is 11.1. The van der Waals surface area contributed by atoms with Crippen molar-refractivity contribution in [2.24, 2.45) is 0 Å². The van der Waals surface area contributed by atoms with Crippen LogP contribution in [-0.2, 0) is 0 Å². The van der Waals surface area contributed by atoms with Crippen LogP contribution in [-0.4, -0.2) is 33.4 Å². The minimum absolute atomic E-state index is 0.201. The summed E-state index contributed by atoms with van der Waals surface area (Å²) in [6, 6.07) is 5.68. The van der Waals surface area contributed by atoms with Gasteiger partial charge in [-0.2, -0.15) is 10.1 Å². The van der Waals surface area contributed by atoms with E-state index in [0.29, 0.717) is 24.6 Å². The minimum atomic E-state index is 0.201. The molecule has 7 heteroatoms. The number of nitrogen functional groups attached to an aromatic ring is 1. The van der Waals surface area contributed by atoms with E-state index in [2.05, 4.69) is 20.2 Å². The number of aromatic amines is 1. The molecular formula is C13H11N5O2. The molecule has 1 aliphatic rings. The Kier molecular flexibility index (Phi) is 2.26. The number of H-pyrrole nitrogens is 1. The van der Waals surface area contributed by atoms with Crippen LogP contribution in [0.25, 0.3) is 22.3 Å². The van der Waals surface area contributed by atoms with E-state index in [9.17, 15) is 0 Å². The van der Waals surface area contributed by atoms with Crippen LogP contribution in [0.1, 0.15) is 0 Å².